The van der Waals surface area contributed by atoms with Crippen molar-refractivity contribution in [2.45, 2.75) is 57.0 Å². The normalized spacial score (nSPS) is 23.1. The van der Waals surface area contributed by atoms with Crippen LogP contribution in [0, 0.1) is 28.4 Å². The first kappa shape index (κ1) is 29.6. The van der Waals surface area contributed by atoms with E-state index in [1.54, 1.807) is 0 Å². The van der Waals surface area contributed by atoms with Gasteiger partial charge in [-0.2, -0.15) is 5.26 Å². The number of hydrogen-bond donors (Lipinski definition) is 4. The van der Waals surface area contributed by atoms with Crippen LogP contribution in [0.1, 0.15) is 50.7 Å². The Labute approximate surface area is 230 Å². The monoisotopic (exact) mass is 566 g/mol. The Morgan fingerprint density at radius 2 is 1.84 bits per heavy atom. The fourth-order valence-electron chi connectivity index (χ4n) is 5.16. The second kappa shape index (κ2) is 11.9. The highest BCUT2D eigenvalue weighted by molar-refractivity contribution is 6.31. The van der Waals surface area contributed by atoms with Crippen LogP contribution in [0.15, 0.2) is 36.4 Å². The summed E-state index contributed by atoms with van der Waals surface area (Å²) in [6, 6.07) is 8.69. The number of nitrogens with zero attached hydrogens (tertiary/aromatic N) is 1. The average molecular weight is 567 g/mol. The molecule has 4 N–H and O–H groups in total. The fourth-order valence-corrected chi connectivity index (χ4v) is 5.50. The van der Waals surface area contributed by atoms with Gasteiger partial charge in [-0.15, -0.1) is 0 Å². The van der Waals surface area contributed by atoms with Gasteiger partial charge in [0.15, 0.2) is 0 Å². The molecule has 38 heavy (non-hydrogen) atoms. The van der Waals surface area contributed by atoms with Crippen molar-refractivity contribution in [1.29, 1.82) is 5.26 Å². The molecule has 1 aliphatic heterocycles. The van der Waals surface area contributed by atoms with Gasteiger partial charge in [-0.05, 0) is 42.0 Å². The lowest BCUT2D eigenvalue weighted by molar-refractivity contribution is -0.123. The van der Waals surface area contributed by atoms with E-state index in [0.717, 1.165) is 6.07 Å². The first-order chi connectivity index (χ1) is 17.8. The average Bonchev–Trinajstić information content (AvgIpc) is 3.13. The van der Waals surface area contributed by atoms with Crippen LogP contribution in [0.5, 0.6) is 0 Å². The molecule has 2 aromatic rings. The second-order valence-electron chi connectivity index (χ2n) is 10.6. The van der Waals surface area contributed by atoms with E-state index in [1.807, 2.05) is 20.8 Å². The lowest BCUT2D eigenvalue weighted by atomic mass is 9.62. The molecule has 2 amide bonds. The van der Waals surface area contributed by atoms with Crippen molar-refractivity contribution in [1.82, 2.24) is 16.0 Å². The van der Waals surface area contributed by atoms with Crippen LogP contribution in [0.25, 0.3) is 0 Å². The molecule has 0 bridgehead atoms. The summed E-state index contributed by atoms with van der Waals surface area (Å²) in [5, 5.41) is 27.6. The van der Waals surface area contributed by atoms with Crippen LogP contribution in [0.3, 0.4) is 0 Å². The number of carbonyl (C=O) groups is 2. The van der Waals surface area contributed by atoms with Crippen LogP contribution in [-0.4, -0.2) is 42.3 Å². The molecule has 2 aromatic carbocycles. The molecule has 1 aliphatic rings. The lowest BCUT2D eigenvalue weighted by Gasteiger charge is -2.37. The SMILES string of the molecule is CC(C)(C)C[C@@H]1N[C@@H](C(=O)NCCCNC(=O)O)[C@H](c2cccc(Cl)c2F)[C@@]1(C#N)c1ccc(Cl)cc1F. The summed E-state index contributed by atoms with van der Waals surface area (Å²) in [4.78, 5) is 24.2. The Morgan fingerprint density at radius 1 is 1.16 bits per heavy atom. The summed E-state index contributed by atoms with van der Waals surface area (Å²) in [7, 11) is 0. The van der Waals surface area contributed by atoms with Crippen LogP contribution >= 0.6 is 23.2 Å². The molecule has 7 nitrogen and oxygen atoms in total. The van der Waals surface area contributed by atoms with Gasteiger partial charge in [-0.1, -0.05) is 62.2 Å². The summed E-state index contributed by atoms with van der Waals surface area (Å²) in [5.74, 6) is -3.23. The summed E-state index contributed by atoms with van der Waals surface area (Å²) in [6.45, 7) is 6.10. The number of rotatable bonds is 8. The van der Waals surface area contributed by atoms with Crippen LogP contribution < -0.4 is 16.0 Å². The molecule has 4 atom stereocenters. The van der Waals surface area contributed by atoms with Gasteiger partial charge >= 0.3 is 6.09 Å². The van der Waals surface area contributed by atoms with E-state index >= 15 is 8.78 Å². The Balaban J connectivity index is 2.17. The smallest absolute Gasteiger partial charge is 0.404 e. The zero-order chi connectivity index (χ0) is 28.3. The fraction of sp³-hybridized carbons (Fsp3) is 0.444. The molecule has 0 unspecified atom stereocenters. The predicted octanol–water partition coefficient (Wildman–Crippen LogP) is 5.37. The molecule has 0 aliphatic carbocycles. The number of halogens is 4. The van der Waals surface area contributed by atoms with Gasteiger partial charge in [0.25, 0.3) is 0 Å². The molecular weight excluding hydrogens is 537 g/mol. The molecule has 0 spiro atoms. The van der Waals surface area contributed by atoms with Gasteiger partial charge in [0, 0.05) is 35.6 Å². The van der Waals surface area contributed by atoms with Crippen LogP contribution in [0.2, 0.25) is 10.0 Å². The number of nitriles is 1. The molecule has 1 fully saturated rings. The van der Waals surface area contributed by atoms with Gasteiger partial charge in [0.05, 0.1) is 17.1 Å². The predicted molar refractivity (Wildman–Crippen MR) is 141 cm³/mol. The van der Waals surface area contributed by atoms with E-state index in [9.17, 15) is 14.9 Å². The first-order valence-electron chi connectivity index (χ1n) is 12.1. The maximum Gasteiger partial charge on any atom is 0.404 e. The third-order valence-electron chi connectivity index (χ3n) is 6.66. The Morgan fingerprint density at radius 3 is 2.45 bits per heavy atom. The van der Waals surface area contributed by atoms with Crippen molar-refractivity contribution >= 4 is 35.2 Å². The van der Waals surface area contributed by atoms with E-state index in [4.69, 9.17) is 28.3 Å². The molecule has 1 saturated heterocycles. The van der Waals surface area contributed by atoms with Crippen molar-refractivity contribution in [2.24, 2.45) is 5.41 Å². The van der Waals surface area contributed by atoms with Gasteiger partial charge in [0.2, 0.25) is 5.91 Å². The van der Waals surface area contributed by atoms with E-state index in [0.29, 0.717) is 12.8 Å². The summed E-state index contributed by atoms with van der Waals surface area (Å²) in [6.07, 6.45) is -0.519. The second-order valence-corrected chi connectivity index (χ2v) is 11.4. The number of amides is 2. The van der Waals surface area contributed by atoms with Crippen molar-refractivity contribution in [3.05, 3.63) is 69.2 Å². The first-order valence-corrected chi connectivity index (χ1v) is 12.9. The topological polar surface area (TPSA) is 114 Å². The molecule has 0 saturated carbocycles. The van der Waals surface area contributed by atoms with Gasteiger partial charge < -0.3 is 21.1 Å². The molecule has 1 heterocycles. The van der Waals surface area contributed by atoms with Crippen molar-refractivity contribution in [3.63, 3.8) is 0 Å². The summed E-state index contributed by atoms with van der Waals surface area (Å²) < 4.78 is 31.1. The minimum atomic E-state index is -1.71. The van der Waals surface area contributed by atoms with Gasteiger partial charge in [-0.3, -0.25) is 4.79 Å². The minimum Gasteiger partial charge on any atom is -0.465 e. The Hall–Kier alpha value is -2.93. The van der Waals surface area contributed by atoms with Crippen molar-refractivity contribution < 1.29 is 23.5 Å². The highest BCUT2D eigenvalue weighted by atomic mass is 35.5. The molecule has 204 valence electrons. The third-order valence-corrected chi connectivity index (χ3v) is 7.19. The number of carboxylic acid groups (broad SMARTS) is 1. The largest absolute Gasteiger partial charge is 0.465 e. The number of carbonyl (C=O) groups excluding carboxylic acids is 1. The highest BCUT2D eigenvalue weighted by Crippen LogP contribution is 2.52. The third kappa shape index (κ3) is 6.20. The van der Waals surface area contributed by atoms with E-state index in [-0.39, 0.29) is 39.7 Å². The Kier molecular flexibility index (Phi) is 9.24. The van der Waals surface area contributed by atoms with E-state index in [1.165, 1.54) is 30.3 Å². The minimum absolute atomic E-state index is 0.00326. The molecule has 11 heteroatoms. The van der Waals surface area contributed by atoms with E-state index in [2.05, 4.69) is 22.0 Å². The number of nitrogens with one attached hydrogen (secondary N) is 3. The molecule has 3 rings (SSSR count). The quantitative estimate of drug-likeness (QED) is 0.321. The lowest BCUT2D eigenvalue weighted by Crippen LogP contribution is -2.46. The van der Waals surface area contributed by atoms with Gasteiger partial charge in [0.1, 0.15) is 17.0 Å². The van der Waals surface area contributed by atoms with Crippen molar-refractivity contribution in [3.8, 4) is 6.07 Å². The van der Waals surface area contributed by atoms with Crippen LogP contribution in [-0.2, 0) is 10.2 Å². The van der Waals surface area contributed by atoms with Crippen LogP contribution in [0.4, 0.5) is 13.6 Å². The molecular formula is C27H30Cl2F2N4O3. The van der Waals surface area contributed by atoms with Crippen molar-refractivity contribution in [2.75, 3.05) is 13.1 Å². The standard InChI is InChI=1S/C27H30Cl2F2N4O3/c1-26(2,3)13-20-27(14-32,17-9-8-15(28)12-19(17)30)21(16-6-4-7-18(29)22(16)31)23(35-20)24(36)33-10-5-11-34-25(37)38/h4,6-9,12,20-21,23,34-35H,5,10-11,13H2,1-3H3,(H,33,36)(H,37,38)/t20-,21-,23+,27-/m0/s1. The summed E-state index contributed by atoms with van der Waals surface area (Å²) in [5.41, 5.74) is -2.06. The maximum absolute atomic E-state index is 15.6. The number of benzene rings is 2. The number of hydrogen-bond acceptors (Lipinski definition) is 4. The van der Waals surface area contributed by atoms with Gasteiger partial charge in [-0.25, -0.2) is 13.6 Å². The Bertz CT molecular complexity index is 1250. The molecule has 0 aromatic heterocycles. The highest BCUT2D eigenvalue weighted by Gasteiger charge is 2.61. The molecule has 0 radical (unpaired) electrons. The van der Waals surface area contributed by atoms with E-state index < -0.39 is 47.1 Å². The zero-order valence-corrected chi connectivity index (χ0v) is 22.8. The maximum atomic E-state index is 15.6. The summed E-state index contributed by atoms with van der Waals surface area (Å²) >= 11 is 12.1. The zero-order valence-electron chi connectivity index (χ0n) is 21.2.